The maximum atomic E-state index is 2.38. The standard InChI is InChI=1S/C22H22Si/c1-4-11-19(12-5-1)22-17-10-18-23(22,20-13-6-2-7-14-20)21-15-8-3-9-16-21/h1-9,11-16,22H,10,17-18H2/t22-/m0/s1. The lowest BCUT2D eigenvalue weighted by Crippen LogP contribution is -2.60. The molecule has 0 N–H and O–H groups in total. The highest BCUT2D eigenvalue weighted by Crippen LogP contribution is 2.41. The first-order chi connectivity index (χ1) is 11.4. The van der Waals surface area contributed by atoms with Crippen molar-refractivity contribution in [3.63, 3.8) is 0 Å². The molecule has 114 valence electrons. The molecule has 1 fully saturated rings. The molecule has 1 heteroatoms. The molecular weight excluding hydrogens is 292 g/mol. The van der Waals surface area contributed by atoms with Crippen molar-refractivity contribution in [1.82, 2.24) is 0 Å². The number of rotatable bonds is 3. The predicted octanol–water partition coefficient (Wildman–Crippen LogP) is 4.37. The Bertz CT molecular complexity index is 710. The zero-order valence-electron chi connectivity index (χ0n) is 13.4. The zero-order chi connectivity index (χ0) is 15.5. The van der Waals surface area contributed by atoms with Crippen molar-refractivity contribution < 1.29 is 0 Å². The molecule has 1 aliphatic heterocycles. The molecule has 0 amide bonds. The van der Waals surface area contributed by atoms with Crippen molar-refractivity contribution in [2.24, 2.45) is 0 Å². The van der Waals surface area contributed by atoms with E-state index in [0.717, 1.165) is 0 Å². The Hall–Kier alpha value is -2.12. The first-order valence-electron chi connectivity index (χ1n) is 8.57. The molecule has 0 nitrogen and oxygen atoms in total. The number of benzene rings is 3. The Morgan fingerprint density at radius 2 is 1.09 bits per heavy atom. The van der Waals surface area contributed by atoms with Crippen LogP contribution in [0.4, 0.5) is 0 Å². The highest BCUT2D eigenvalue weighted by Gasteiger charge is 2.48. The lowest BCUT2D eigenvalue weighted by Gasteiger charge is -2.35. The molecule has 0 radical (unpaired) electrons. The molecule has 1 saturated heterocycles. The molecule has 0 saturated carbocycles. The van der Waals surface area contributed by atoms with Gasteiger partial charge in [-0.1, -0.05) is 108 Å². The summed E-state index contributed by atoms with van der Waals surface area (Å²) in [5.74, 6) is 0. The van der Waals surface area contributed by atoms with Crippen molar-refractivity contribution in [3.8, 4) is 0 Å². The summed E-state index contributed by atoms with van der Waals surface area (Å²) in [7, 11) is -1.75. The van der Waals surface area contributed by atoms with Gasteiger partial charge in [-0.15, -0.1) is 0 Å². The Balaban J connectivity index is 1.93. The minimum atomic E-state index is -1.75. The van der Waals surface area contributed by atoms with Gasteiger partial charge in [0, 0.05) is 0 Å². The lowest BCUT2D eigenvalue weighted by molar-refractivity contribution is 0.819. The van der Waals surface area contributed by atoms with E-state index < -0.39 is 8.07 Å². The SMILES string of the molecule is c1ccc([C@@H]2CCC[Si]2(c2ccccc2)c2ccccc2)cc1. The van der Waals surface area contributed by atoms with E-state index in [4.69, 9.17) is 0 Å². The second-order valence-electron chi connectivity index (χ2n) is 6.56. The van der Waals surface area contributed by atoms with E-state index in [1.54, 1.807) is 10.4 Å². The largest absolute Gasteiger partial charge is 0.125 e. The molecule has 4 rings (SSSR count). The smallest absolute Gasteiger partial charge is 0.0626 e. The van der Waals surface area contributed by atoms with E-state index in [2.05, 4.69) is 91.0 Å². The van der Waals surface area contributed by atoms with Crippen LogP contribution >= 0.6 is 0 Å². The first kappa shape index (κ1) is 14.5. The molecule has 0 bridgehead atoms. The minimum absolute atomic E-state index is 0.688. The fourth-order valence-electron chi connectivity index (χ4n) is 4.47. The van der Waals surface area contributed by atoms with Crippen LogP contribution in [-0.4, -0.2) is 8.07 Å². The summed E-state index contributed by atoms with van der Waals surface area (Å²) in [4.78, 5) is 0. The van der Waals surface area contributed by atoms with E-state index in [1.807, 2.05) is 0 Å². The van der Waals surface area contributed by atoms with Gasteiger partial charge < -0.3 is 0 Å². The van der Waals surface area contributed by atoms with Crippen LogP contribution in [0.5, 0.6) is 0 Å². The van der Waals surface area contributed by atoms with E-state index in [-0.39, 0.29) is 0 Å². The topological polar surface area (TPSA) is 0 Å². The minimum Gasteiger partial charge on any atom is -0.0626 e. The van der Waals surface area contributed by atoms with Crippen molar-refractivity contribution in [1.29, 1.82) is 0 Å². The molecule has 1 heterocycles. The number of hydrogen-bond donors (Lipinski definition) is 0. The van der Waals surface area contributed by atoms with E-state index in [1.165, 1.54) is 24.4 Å². The molecule has 1 atom stereocenters. The zero-order valence-corrected chi connectivity index (χ0v) is 14.4. The van der Waals surface area contributed by atoms with Crippen molar-refractivity contribution in [2.75, 3.05) is 0 Å². The lowest BCUT2D eigenvalue weighted by atomic mass is 10.1. The monoisotopic (exact) mass is 314 g/mol. The molecular formula is C22H22Si. The van der Waals surface area contributed by atoms with E-state index in [0.29, 0.717) is 5.54 Å². The first-order valence-corrected chi connectivity index (χ1v) is 10.9. The quantitative estimate of drug-likeness (QED) is 0.630. The Morgan fingerprint density at radius 3 is 1.61 bits per heavy atom. The third kappa shape index (κ3) is 2.45. The summed E-state index contributed by atoms with van der Waals surface area (Å²) < 4.78 is 0. The molecule has 0 aliphatic carbocycles. The number of hydrogen-bond acceptors (Lipinski definition) is 0. The third-order valence-corrected chi connectivity index (χ3v) is 11.1. The summed E-state index contributed by atoms with van der Waals surface area (Å²) in [5.41, 5.74) is 2.22. The van der Waals surface area contributed by atoms with Gasteiger partial charge in [-0.3, -0.25) is 0 Å². The van der Waals surface area contributed by atoms with E-state index >= 15 is 0 Å². The second-order valence-corrected chi connectivity index (χ2v) is 10.9. The van der Waals surface area contributed by atoms with E-state index in [9.17, 15) is 0 Å². The maximum Gasteiger partial charge on any atom is 0.125 e. The molecule has 1 aliphatic rings. The summed E-state index contributed by atoms with van der Waals surface area (Å²) in [6.07, 6.45) is 2.66. The van der Waals surface area contributed by atoms with Gasteiger partial charge in [0.25, 0.3) is 0 Å². The highest BCUT2D eigenvalue weighted by molar-refractivity contribution is 7.03. The van der Waals surface area contributed by atoms with Gasteiger partial charge in [0.2, 0.25) is 0 Å². The van der Waals surface area contributed by atoms with Crippen LogP contribution in [0.15, 0.2) is 91.0 Å². The van der Waals surface area contributed by atoms with Crippen molar-refractivity contribution in [2.45, 2.75) is 24.4 Å². The fourth-order valence-corrected chi connectivity index (χ4v) is 10.3. The second kappa shape index (κ2) is 6.17. The molecule has 0 aromatic heterocycles. The Kier molecular flexibility index (Phi) is 3.88. The van der Waals surface area contributed by atoms with Gasteiger partial charge in [-0.2, -0.15) is 0 Å². The molecule has 0 unspecified atom stereocenters. The van der Waals surface area contributed by atoms with Gasteiger partial charge in [0.1, 0.15) is 8.07 Å². The van der Waals surface area contributed by atoms with Crippen LogP contribution in [0.25, 0.3) is 0 Å². The molecule has 0 spiro atoms. The fraction of sp³-hybridized carbons (Fsp3) is 0.182. The average Bonchev–Trinajstić information content (AvgIpc) is 3.10. The van der Waals surface area contributed by atoms with Crippen LogP contribution in [0.1, 0.15) is 23.9 Å². The Morgan fingerprint density at radius 1 is 0.609 bits per heavy atom. The van der Waals surface area contributed by atoms with Crippen LogP contribution in [0.3, 0.4) is 0 Å². The summed E-state index contributed by atoms with van der Waals surface area (Å²) in [5, 5.41) is 3.19. The summed E-state index contributed by atoms with van der Waals surface area (Å²) in [6.45, 7) is 0. The Labute approximate surface area is 139 Å². The van der Waals surface area contributed by atoms with Gasteiger partial charge in [0.05, 0.1) is 0 Å². The van der Waals surface area contributed by atoms with Crippen LogP contribution < -0.4 is 10.4 Å². The van der Waals surface area contributed by atoms with Gasteiger partial charge in [-0.25, -0.2) is 0 Å². The maximum absolute atomic E-state index is 2.38. The molecule has 23 heavy (non-hydrogen) atoms. The summed E-state index contributed by atoms with van der Waals surface area (Å²) in [6, 6.07) is 35.2. The van der Waals surface area contributed by atoms with Gasteiger partial charge in [-0.05, 0) is 23.6 Å². The molecule has 3 aromatic carbocycles. The summed E-state index contributed by atoms with van der Waals surface area (Å²) >= 11 is 0. The van der Waals surface area contributed by atoms with Gasteiger partial charge >= 0.3 is 0 Å². The van der Waals surface area contributed by atoms with Crippen molar-refractivity contribution in [3.05, 3.63) is 96.6 Å². The van der Waals surface area contributed by atoms with Crippen molar-refractivity contribution >= 4 is 18.4 Å². The molecule has 3 aromatic rings. The highest BCUT2D eigenvalue weighted by atomic mass is 28.3. The average molecular weight is 315 g/mol. The van der Waals surface area contributed by atoms with Gasteiger partial charge in [0.15, 0.2) is 0 Å². The predicted molar refractivity (Wildman–Crippen MR) is 101 cm³/mol. The van der Waals surface area contributed by atoms with Crippen LogP contribution in [-0.2, 0) is 0 Å². The third-order valence-electron chi connectivity index (χ3n) is 5.44. The van der Waals surface area contributed by atoms with Crippen LogP contribution in [0, 0.1) is 0 Å². The normalized spacial score (nSPS) is 19.6. The van der Waals surface area contributed by atoms with Crippen LogP contribution in [0.2, 0.25) is 6.04 Å².